The summed E-state index contributed by atoms with van der Waals surface area (Å²) in [7, 11) is 0. The molecule has 0 aromatic carbocycles. The minimum atomic E-state index is -0.181. The second-order valence-corrected chi connectivity index (χ2v) is 5.57. The predicted molar refractivity (Wildman–Crippen MR) is 82.1 cm³/mol. The number of hydrogen-bond donors (Lipinski definition) is 0. The van der Waals surface area contributed by atoms with Gasteiger partial charge in [0.25, 0.3) is 0 Å². The zero-order chi connectivity index (χ0) is 14.7. The SMILES string of the molecule is C/C=C(\C)C(=O)OCCCCC(C)CCC=C(C)C. The molecule has 0 aliphatic carbocycles. The lowest BCUT2D eigenvalue weighted by Crippen LogP contribution is -2.07. The second-order valence-electron chi connectivity index (χ2n) is 5.57. The Morgan fingerprint density at radius 1 is 1.16 bits per heavy atom. The molecule has 110 valence electrons. The van der Waals surface area contributed by atoms with Crippen LogP contribution in [0.1, 0.15) is 66.7 Å². The molecule has 0 heterocycles. The fraction of sp³-hybridized carbons (Fsp3) is 0.706. The van der Waals surface area contributed by atoms with Crippen molar-refractivity contribution >= 4 is 5.97 Å². The lowest BCUT2D eigenvalue weighted by molar-refractivity contribution is -0.139. The maximum atomic E-state index is 11.4. The molecule has 1 unspecified atom stereocenters. The van der Waals surface area contributed by atoms with Gasteiger partial charge in [-0.1, -0.05) is 31.1 Å². The van der Waals surface area contributed by atoms with E-state index in [2.05, 4.69) is 26.8 Å². The van der Waals surface area contributed by atoms with Crippen molar-refractivity contribution in [2.45, 2.75) is 66.7 Å². The number of carbonyl (C=O) groups excluding carboxylic acids is 1. The number of esters is 1. The Kier molecular flexibility index (Phi) is 10.2. The van der Waals surface area contributed by atoms with Crippen LogP contribution in [-0.4, -0.2) is 12.6 Å². The number of hydrogen-bond acceptors (Lipinski definition) is 2. The molecule has 0 radical (unpaired) electrons. The summed E-state index contributed by atoms with van der Waals surface area (Å²) in [6.07, 6.45) is 9.85. The number of unbranched alkanes of at least 4 members (excludes halogenated alkanes) is 1. The van der Waals surface area contributed by atoms with Crippen molar-refractivity contribution in [3.8, 4) is 0 Å². The highest BCUT2D eigenvalue weighted by molar-refractivity contribution is 5.87. The van der Waals surface area contributed by atoms with Crippen molar-refractivity contribution in [3.05, 3.63) is 23.3 Å². The van der Waals surface area contributed by atoms with E-state index in [0.717, 1.165) is 18.8 Å². The maximum Gasteiger partial charge on any atom is 0.333 e. The molecule has 0 N–H and O–H groups in total. The van der Waals surface area contributed by atoms with Gasteiger partial charge in [0.2, 0.25) is 0 Å². The van der Waals surface area contributed by atoms with Gasteiger partial charge < -0.3 is 4.74 Å². The van der Waals surface area contributed by atoms with Crippen LogP contribution in [0.5, 0.6) is 0 Å². The third kappa shape index (κ3) is 10.5. The van der Waals surface area contributed by atoms with Crippen LogP contribution >= 0.6 is 0 Å². The van der Waals surface area contributed by atoms with Crippen molar-refractivity contribution < 1.29 is 9.53 Å². The van der Waals surface area contributed by atoms with E-state index < -0.39 is 0 Å². The average molecular weight is 266 g/mol. The molecular formula is C17H30O2. The summed E-state index contributed by atoms with van der Waals surface area (Å²) in [5, 5.41) is 0. The van der Waals surface area contributed by atoms with Gasteiger partial charge in [0, 0.05) is 5.57 Å². The highest BCUT2D eigenvalue weighted by atomic mass is 16.5. The van der Waals surface area contributed by atoms with Gasteiger partial charge in [0.1, 0.15) is 0 Å². The first-order chi connectivity index (χ1) is 8.97. The Morgan fingerprint density at radius 3 is 2.42 bits per heavy atom. The Bertz CT molecular complexity index is 309. The summed E-state index contributed by atoms with van der Waals surface area (Å²) in [6, 6.07) is 0. The van der Waals surface area contributed by atoms with Gasteiger partial charge >= 0.3 is 5.97 Å². The van der Waals surface area contributed by atoms with Crippen LogP contribution in [0.15, 0.2) is 23.3 Å². The molecule has 0 aliphatic rings. The molecule has 0 rings (SSSR count). The number of allylic oxidation sites excluding steroid dienone is 3. The first-order valence-electron chi connectivity index (χ1n) is 7.40. The van der Waals surface area contributed by atoms with Gasteiger partial charge in [-0.2, -0.15) is 0 Å². The third-order valence-electron chi connectivity index (χ3n) is 3.29. The number of ether oxygens (including phenoxy) is 1. The summed E-state index contributed by atoms with van der Waals surface area (Å²) < 4.78 is 5.17. The molecule has 1 atom stereocenters. The van der Waals surface area contributed by atoms with E-state index in [1.54, 1.807) is 13.0 Å². The van der Waals surface area contributed by atoms with E-state index in [0.29, 0.717) is 12.2 Å². The highest BCUT2D eigenvalue weighted by Crippen LogP contribution is 2.15. The molecule has 0 aromatic heterocycles. The molecule has 0 saturated carbocycles. The number of carbonyl (C=O) groups is 1. The topological polar surface area (TPSA) is 26.3 Å². The van der Waals surface area contributed by atoms with Crippen molar-refractivity contribution in [1.82, 2.24) is 0 Å². The molecule has 2 heteroatoms. The van der Waals surface area contributed by atoms with Crippen LogP contribution in [0.25, 0.3) is 0 Å². The lowest BCUT2D eigenvalue weighted by atomic mass is 9.98. The Balaban J connectivity index is 3.54. The van der Waals surface area contributed by atoms with Crippen LogP contribution in [0.2, 0.25) is 0 Å². The van der Waals surface area contributed by atoms with Gasteiger partial charge in [-0.15, -0.1) is 0 Å². The van der Waals surface area contributed by atoms with Crippen molar-refractivity contribution in [2.24, 2.45) is 5.92 Å². The second kappa shape index (κ2) is 10.8. The highest BCUT2D eigenvalue weighted by Gasteiger charge is 2.04. The summed E-state index contributed by atoms with van der Waals surface area (Å²) >= 11 is 0. The maximum absolute atomic E-state index is 11.4. The van der Waals surface area contributed by atoms with E-state index in [-0.39, 0.29) is 5.97 Å². The molecular weight excluding hydrogens is 236 g/mol. The molecule has 19 heavy (non-hydrogen) atoms. The van der Waals surface area contributed by atoms with Gasteiger partial charge in [-0.3, -0.25) is 0 Å². The Morgan fingerprint density at radius 2 is 1.84 bits per heavy atom. The van der Waals surface area contributed by atoms with Crippen LogP contribution in [0, 0.1) is 5.92 Å². The van der Waals surface area contributed by atoms with Gasteiger partial charge in [-0.05, 0) is 59.3 Å². The smallest absolute Gasteiger partial charge is 0.333 e. The fourth-order valence-electron chi connectivity index (χ4n) is 1.79. The van der Waals surface area contributed by atoms with Crippen LogP contribution in [0.3, 0.4) is 0 Å². The molecule has 0 saturated heterocycles. The fourth-order valence-corrected chi connectivity index (χ4v) is 1.79. The van der Waals surface area contributed by atoms with Crippen LogP contribution < -0.4 is 0 Å². The number of rotatable bonds is 9. The normalized spacial score (nSPS) is 13.0. The third-order valence-corrected chi connectivity index (χ3v) is 3.29. The van der Waals surface area contributed by atoms with Gasteiger partial charge in [0.05, 0.1) is 6.61 Å². The average Bonchev–Trinajstić information content (AvgIpc) is 2.36. The summed E-state index contributed by atoms with van der Waals surface area (Å²) in [5.74, 6) is 0.572. The predicted octanol–water partition coefficient (Wildman–Crippen LogP) is 5.05. The quantitative estimate of drug-likeness (QED) is 0.253. The van der Waals surface area contributed by atoms with Gasteiger partial charge in [0.15, 0.2) is 0 Å². The van der Waals surface area contributed by atoms with Crippen LogP contribution in [0.4, 0.5) is 0 Å². The monoisotopic (exact) mass is 266 g/mol. The molecule has 2 nitrogen and oxygen atoms in total. The zero-order valence-corrected chi connectivity index (χ0v) is 13.3. The van der Waals surface area contributed by atoms with E-state index in [4.69, 9.17) is 4.74 Å². The van der Waals surface area contributed by atoms with E-state index in [1.807, 2.05) is 6.92 Å². The first kappa shape index (κ1) is 17.9. The largest absolute Gasteiger partial charge is 0.462 e. The Labute approximate surface area is 118 Å². The molecule has 0 fully saturated rings. The summed E-state index contributed by atoms with van der Waals surface area (Å²) in [6.45, 7) is 10.8. The van der Waals surface area contributed by atoms with Gasteiger partial charge in [-0.25, -0.2) is 4.79 Å². The summed E-state index contributed by atoms with van der Waals surface area (Å²) in [5.41, 5.74) is 2.09. The van der Waals surface area contributed by atoms with Crippen molar-refractivity contribution in [3.63, 3.8) is 0 Å². The standard InChI is InChI=1S/C17H30O2/c1-6-16(5)17(18)19-13-8-7-11-15(4)12-9-10-14(2)3/h6,10,15H,7-9,11-13H2,1-5H3/b16-6+. The lowest BCUT2D eigenvalue weighted by Gasteiger charge is -2.10. The molecule has 0 spiro atoms. The summed E-state index contributed by atoms with van der Waals surface area (Å²) in [4.78, 5) is 11.4. The molecule has 0 aromatic rings. The van der Waals surface area contributed by atoms with E-state index in [1.165, 1.54) is 24.8 Å². The minimum absolute atomic E-state index is 0.181. The van der Waals surface area contributed by atoms with Crippen LogP contribution in [-0.2, 0) is 9.53 Å². The Hall–Kier alpha value is -1.05. The van der Waals surface area contributed by atoms with Crippen molar-refractivity contribution in [1.29, 1.82) is 0 Å². The van der Waals surface area contributed by atoms with E-state index >= 15 is 0 Å². The first-order valence-corrected chi connectivity index (χ1v) is 7.40. The molecule has 0 bridgehead atoms. The molecule has 0 amide bonds. The van der Waals surface area contributed by atoms with E-state index in [9.17, 15) is 4.79 Å². The van der Waals surface area contributed by atoms with Crippen molar-refractivity contribution in [2.75, 3.05) is 6.61 Å². The molecule has 0 aliphatic heterocycles. The zero-order valence-electron chi connectivity index (χ0n) is 13.3. The minimum Gasteiger partial charge on any atom is -0.462 e.